The zero-order chi connectivity index (χ0) is 29.7. The summed E-state index contributed by atoms with van der Waals surface area (Å²) in [5.41, 5.74) is 10.0. The number of nitrogens with zero attached hydrogens (tertiary/aromatic N) is 1. The molecule has 9 rings (SSSR count). The van der Waals surface area contributed by atoms with Gasteiger partial charge in [0.1, 0.15) is 11.2 Å². The number of hydrogen-bond acceptors (Lipinski definition) is 3. The number of rotatable bonds is 5. The lowest BCUT2D eigenvalue weighted by Gasteiger charge is -2.26. The Bertz CT molecular complexity index is 2470. The monoisotopic (exact) mass is 593 g/mol. The van der Waals surface area contributed by atoms with E-state index in [2.05, 4.69) is 157 Å². The van der Waals surface area contributed by atoms with E-state index >= 15 is 0 Å². The van der Waals surface area contributed by atoms with E-state index in [1.807, 2.05) is 23.5 Å². The number of benzene rings is 7. The van der Waals surface area contributed by atoms with Crippen molar-refractivity contribution in [3.8, 4) is 22.3 Å². The van der Waals surface area contributed by atoms with E-state index in [-0.39, 0.29) is 0 Å². The fourth-order valence-electron chi connectivity index (χ4n) is 6.44. The Morgan fingerprint density at radius 1 is 0.356 bits per heavy atom. The Balaban J connectivity index is 1.05. The van der Waals surface area contributed by atoms with Gasteiger partial charge in [0.15, 0.2) is 0 Å². The maximum atomic E-state index is 6.03. The number of fused-ring (bicyclic) bond motifs is 6. The molecule has 0 amide bonds. The van der Waals surface area contributed by atoms with Crippen LogP contribution in [0, 0.1) is 0 Å². The molecule has 0 aliphatic carbocycles. The highest BCUT2D eigenvalue weighted by molar-refractivity contribution is 7.25. The molecule has 0 atom stereocenters. The summed E-state index contributed by atoms with van der Waals surface area (Å²) in [6.07, 6.45) is 0. The molecule has 0 spiro atoms. The first-order chi connectivity index (χ1) is 22.3. The molecular weight excluding hydrogens is 567 g/mol. The van der Waals surface area contributed by atoms with Crippen LogP contribution >= 0.6 is 11.3 Å². The lowest BCUT2D eigenvalue weighted by molar-refractivity contribution is 0.669. The first-order valence-electron chi connectivity index (χ1n) is 15.2. The van der Waals surface area contributed by atoms with Gasteiger partial charge in [-0.1, -0.05) is 97.1 Å². The quantitative estimate of drug-likeness (QED) is 0.197. The molecule has 0 unspecified atom stereocenters. The first-order valence-corrected chi connectivity index (χ1v) is 16.0. The average molecular weight is 594 g/mol. The SMILES string of the molecule is c1ccc(N(c2ccc(-c3ccc(-c4ccc5oc6ccccc6c5c4)cc3)cc2)c2ccc3sc4ccccc4c3c2)cc1. The molecule has 0 aliphatic heterocycles. The van der Waals surface area contributed by atoms with E-state index in [0.29, 0.717) is 0 Å². The van der Waals surface area contributed by atoms with E-state index in [1.165, 1.54) is 42.4 Å². The lowest BCUT2D eigenvalue weighted by Crippen LogP contribution is -2.09. The summed E-state index contributed by atoms with van der Waals surface area (Å²) in [5, 5.41) is 4.91. The van der Waals surface area contributed by atoms with Gasteiger partial charge in [0, 0.05) is 48.0 Å². The molecule has 2 nitrogen and oxygen atoms in total. The summed E-state index contributed by atoms with van der Waals surface area (Å²) in [7, 11) is 0. The largest absolute Gasteiger partial charge is 0.456 e. The summed E-state index contributed by atoms with van der Waals surface area (Å²) in [6.45, 7) is 0. The third-order valence-electron chi connectivity index (χ3n) is 8.69. The molecule has 2 aromatic heterocycles. The lowest BCUT2D eigenvalue weighted by atomic mass is 9.99. The van der Waals surface area contributed by atoms with Crippen molar-refractivity contribution in [3.63, 3.8) is 0 Å². The van der Waals surface area contributed by atoms with Crippen molar-refractivity contribution in [2.75, 3.05) is 4.90 Å². The molecule has 0 saturated heterocycles. The molecular formula is C42H27NOS. The third-order valence-corrected chi connectivity index (χ3v) is 9.84. The van der Waals surface area contributed by atoms with Crippen molar-refractivity contribution < 1.29 is 4.42 Å². The Labute approximate surface area is 265 Å². The Kier molecular flexibility index (Phi) is 6.03. The number of hydrogen-bond donors (Lipinski definition) is 0. The van der Waals surface area contributed by atoms with Gasteiger partial charge in [-0.25, -0.2) is 0 Å². The standard InChI is InChI=1S/C42H27NOS/c1-2-8-32(9-3-1)43(34-23-25-42-38(27-34)36-11-5-7-13-41(36)45-42)33-21-18-29(19-22-33)28-14-16-30(17-15-28)31-20-24-40-37(26-31)35-10-4-6-12-39(35)44-40/h1-27H. The molecule has 9 aromatic rings. The van der Waals surface area contributed by atoms with Crippen LogP contribution < -0.4 is 4.90 Å². The fraction of sp³-hybridized carbons (Fsp3) is 0. The molecule has 0 N–H and O–H groups in total. The third kappa shape index (κ3) is 4.48. The van der Waals surface area contributed by atoms with Crippen molar-refractivity contribution in [1.29, 1.82) is 0 Å². The zero-order valence-electron chi connectivity index (χ0n) is 24.4. The predicted molar refractivity (Wildman–Crippen MR) is 192 cm³/mol. The molecule has 0 radical (unpaired) electrons. The zero-order valence-corrected chi connectivity index (χ0v) is 25.2. The molecule has 2 heterocycles. The van der Waals surface area contributed by atoms with E-state index in [4.69, 9.17) is 4.42 Å². The Morgan fingerprint density at radius 3 is 1.71 bits per heavy atom. The minimum absolute atomic E-state index is 0.921. The first kappa shape index (κ1) is 25.8. The Morgan fingerprint density at radius 2 is 0.911 bits per heavy atom. The topological polar surface area (TPSA) is 16.4 Å². The minimum atomic E-state index is 0.921. The minimum Gasteiger partial charge on any atom is -0.456 e. The second-order valence-electron chi connectivity index (χ2n) is 11.4. The highest BCUT2D eigenvalue weighted by Crippen LogP contribution is 2.41. The predicted octanol–water partition coefficient (Wildman–Crippen LogP) is 12.8. The van der Waals surface area contributed by atoms with Gasteiger partial charge in [-0.3, -0.25) is 0 Å². The molecule has 45 heavy (non-hydrogen) atoms. The summed E-state index contributed by atoms with van der Waals surface area (Å²) >= 11 is 1.85. The maximum Gasteiger partial charge on any atom is 0.135 e. The second-order valence-corrected chi connectivity index (χ2v) is 12.5. The van der Waals surface area contributed by atoms with E-state index in [1.54, 1.807) is 0 Å². The van der Waals surface area contributed by atoms with Crippen molar-refractivity contribution in [1.82, 2.24) is 0 Å². The number of anilines is 3. The molecule has 0 saturated carbocycles. The van der Waals surface area contributed by atoms with Gasteiger partial charge in [0.2, 0.25) is 0 Å². The van der Waals surface area contributed by atoms with Gasteiger partial charge >= 0.3 is 0 Å². The van der Waals surface area contributed by atoms with Crippen LogP contribution in [0.1, 0.15) is 0 Å². The van der Waals surface area contributed by atoms with Crippen LogP contribution in [0.2, 0.25) is 0 Å². The molecule has 212 valence electrons. The summed E-state index contributed by atoms with van der Waals surface area (Å²) in [5.74, 6) is 0. The molecule has 0 fully saturated rings. The average Bonchev–Trinajstić information content (AvgIpc) is 3.67. The van der Waals surface area contributed by atoms with Gasteiger partial charge < -0.3 is 9.32 Å². The van der Waals surface area contributed by atoms with Crippen LogP contribution in [0.3, 0.4) is 0 Å². The maximum absolute atomic E-state index is 6.03. The van der Waals surface area contributed by atoms with Crippen molar-refractivity contribution in [2.24, 2.45) is 0 Å². The van der Waals surface area contributed by atoms with Crippen molar-refractivity contribution in [3.05, 3.63) is 164 Å². The number of para-hydroxylation sites is 2. The van der Waals surface area contributed by atoms with E-state index < -0.39 is 0 Å². The van der Waals surface area contributed by atoms with Gasteiger partial charge in [0.25, 0.3) is 0 Å². The van der Waals surface area contributed by atoms with Crippen LogP contribution in [-0.4, -0.2) is 0 Å². The highest BCUT2D eigenvalue weighted by Gasteiger charge is 2.15. The molecule has 0 bridgehead atoms. The highest BCUT2D eigenvalue weighted by atomic mass is 32.1. The van der Waals surface area contributed by atoms with Crippen LogP contribution in [-0.2, 0) is 0 Å². The summed E-state index contributed by atoms with van der Waals surface area (Å²) < 4.78 is 8.66. The Hall–Kier alpha value is -5.64. The molecule has 0 aliphatic rings. The molecule has 7 aromatic carbocycles. The van der Waals surface area contributed by atoms with Crippen LogP contribution in [0.5, 0.6) is 0 Å². The molecule has 3 heteroatoms. The van der Waals surface area contributed by atoms with Gasteiger partial charge in [-0.2, -0.15) is 0 Å². The number of furan rings is 1. The smallest absolute Gasteiger partial charge is 0.135 e. The van der Waals surface area contributed by atoms with Gasteiger partial charge in [-0.05, 0) is 89.0 Å². The van der Waals surface area contributed by atoms with Crippen molar-refractivity contribution in [2.45, 2.75) is 0 Å². The van der Waals surface area contributed by atoms with Crippen LogP contribution in [0.4, 0.5) is 17.1 Å². The van der Waals surface area contributed by atoms with Crippen molar-refractivity contribution >= 4 is 70.5 Å². The van der Waals surface area contributed by atoms with Crippen LogP contribution in [0.15, 0.2) is 168 Å². The van der Waals surface area contributed by atoms with E-state index in [0.717, 1.165) is 39.0 Å². The summed E-state index contributed by atoms with van der Waals surface area (Å²) in [6, 6.07) is 58.6. The second kappa shape index (κ2) is 10.5. The summed E-state index contributed by atoms with van der Waals surface area (Å²) in [4.78, 5) is 2.34. The van der Waals surface area contributed by atoms with Crippen LogP contribution in [0.25, 0.3) is 64.4 Å². The van der Waals surface area contributed by atoms with Gasteiger partial charge in [-0.15, -0.1) is 11.3 Å². The van der Waals surface area contributed by atoms with Gasteiger partial charge in [0.05, 0.1) is 0 Å². The number of thiophene rings is 1. The van der Waals surface area contributed by atoms with E-state index in [9.17, 15) is 0 Å². The fourth-order valence-corrected chi connectivity index (χ4v) is 7.53. The normalized spacial score (nSPS) is 11.6.